The number of rotatable bonds is 3. The zero-order chi connectivity index (χ0) is 19.7. The number of ether oxygens (including phenoxy) is 2. The normalized spacial score (nSPS) is 20.2. The molecule has 0 saturated heterocycles. The maximum Gasteiger partial charge on any atom is 0.252 e. The summed E-state index contributed by atoms with van der Waals surface area (Å²) in [6.07, 6.45) is -0.610. The molecule has 0 aliphatic carbocycles. The fraction of sp³-hybridized carbons (Fsp3) is 0.235. The summed E-state index contributed by atoms with van der Waals surface area (Å²) < 4.78 is 7.54. The number of para-hydroxylation sites is 1. The van der Waals surface area contributed by atoms with Crippen molar-refractivity contribution < 1.29 is 9.47 Å². The molecule has 0 radical (unpaired) electrons. The van der Waals surface area contributed by atoms with E-state index >= 15 is 0 Å². The summed E-state index contributed by atoms with van der Waals surface area (Å²) in [5.74, 6) is 0.391. The van der Waals surface area contributed by atoms with Crippen LogP contribution in [0.5, 0.6) is 5.75 Å². The SMILES string of the molecule is ClC(Cl)(Cl)C1Oc2ccc(/C=N/Nc3ccccc3)cc2C(C(Cl)(Cl)Cl)O1. The van der Waals surface area contributed by atoms with Crippen molar-refractivity contribution in [2.24, 2.45) is 5.10 Å². The minimum absolute atomic E-state index is 0.391. The summed E-state index contributed by atoms with van der Waals surface area (Å²) in [6, 6.07) is 14.7. The third-order valence-electron chi connectivity index (χ3n) is 3.56. The molecule has 0 spiro atoms. The largest absolute Gasteiger partial charge is 0.460 e. The van der Waals surface area contributed by atoms with Gasteiger partial charge in [-0.2, -0.15) is 5.10 Å². The van der Waals surface area contributed by atoms with Crippen molar-refractivity contribution in [2.45, 2.75) is 20.0 Å². The van der Waals surface area contributed by atoms with Crippen molar-refractivity contribution in [1.29, 1.82) is 0 Å². The van der Waals surface area contributed by atoms with Crippen LogP contribution in [-0.4, -0.2) is 20.1 Å². The van der Waals surface area contributed by atoms with Gasteiger partial charge in [0.25, 0.3) is 3.79 Å². The number of benzene rings is 2. The van der Waals surface area contributed by atoms with Crippen LogP contribution >= 0.6 is 69.6 Å². The van der Waals surface area contributed by atoms with Gasteiger partial charge in [-0.25, -0.2) is 0 Å². The molecular weight excluding hydrogens is 477 g/mol. The van der Waals surface area contributed by atoms with E-state index in [-0.39, 0.29) is 0 Å². The molecule has 0 saturated carbocycles. The highest BCUT2D eigenvalue weighted by Gasteiger charge is 2.48. The first-order valence-corrected chi connectivity index (χ1v) is 9.85. The van der Waals surface area contributed by atoms with Crippen LogP contribution in [0.1, 0.15) is 17.2 Å². The number of hydrogen-bond acceptors (Lipinski definition) is 4. The van der Waals surface area contributed by atoms with E-state index in [1.54, 1.807) is 24.4 Å². The molecule has 27 heavy (non-hydrogen) atoms. The molecule has 2 unspecified atom stereocenters. The van der Waals surface area contributed by atoms with E-state index < -0.39 is 20.0 Å². The van der Waals surface area contributed by atoms with Crippen LogP contribution in [0.25, 0.3) is 0 Å². The molecule has 2 aromatic rings. The quantitative estimate of drug-likeness (QED) is 0.299. The standard InChI is InChI=1S/C17H12Cl6N2O2/c18-16(19,20)14-12-8-10(9-24-25-11-4-2-1-3-5-11)6-7-13(12)26-15(27-14)17(21,22)23/h1-9,14-15,25H/b24-9+. The van der Waals surface area contributed by atoms with Crippen LogP contribution in [0, 0.1) is 0 Å². The van der Waals surface area contributed by atoms with Crippen LogP contribution in [0.15, 0.2) is 53.6 Å². The molecule has 2 aromatic carbocycles. The number of alkyl halides is 6. The fourth-order valence-electron chi connectivity index (χ4n) is 2.39. The minimum Gasteiger partial charge on any atom is -0.460 e. The summed E-state index contributed by atoms with van der Waals surface area (Å²) >= 11 is 35.8. The molecule has 2 atom stereocenters. The zero-order valence-electron chi connectivity index (χ0n) is 13.4. The second kappa shape index (κ2) is 8.42. The van der Waals surface area contributed by atoms with E-state index in [2.05, 4.69) is 10.5 Å². The highest BCUT2D eigenvalue weighted by molar-refractivity contribution is 6.68. The molecule has 3 rings (SSSR count). The predicted molar refractivity (Wildman–Crippen MR) is 113 cm³/mol. The first kappa shape index (κ1) is 21.1. The highest BCUT2D eigenvalue weighted by atomic mass is 35.6. The van der Waals surface area contributed by atoms with Gasteiger partial charge in [0.2, 0.25) is 10.1 Å². The van der Waals surface area contributed by atoms with E-state index in [4.69, 9.17) is 79.1 Å². The van der Waals surface area contributed by atoms with Crippen molar-refractivity contribution in [3.05, 3.63) is 59.7 Å². The van der Waals surface area contributed by atoms with Crippen molar-refractivity contribution >= 4 is 81.5 Å². The van der Waals surface area contributed by atoms with Gasteiger partial charge in [0.05, 0.1) is 11.9 Å². The van der Waals surface area contributed by atoms with Crippen molar-refractivity contribution in [1.82, 2.24) is 0 Å². The van der Waals surface area contributed by atoms with E-state index in [1.807, 2.05) is 30.3 Å². The Morgan fingerprint density at radius 3 is 2.26 bits per heavy atom. The molecule has 0 bridgehead atoms. The molecule has 4 nitrogen and oxygen atoms in total. The Kier molecular flexibility index (Phi) is 6.59. The summed E-state index contributed by atoms with van der Waals surface area (Å²) in [4.78, 5) is 0. The number of nitrogens with zero attached hydrogens (tertiary/aromatic N) is 1. The topological polar surface area (TPSA) is 42.8 Å². The Bertz CT molecular complexity index is 820. The van der Waals surface area contributed by atoms with Crippen LogP contribution in [-0.2, 0) is 4.74 Å². The Morgan fingerprint density at radius 2 is 1.63 bits per heavy atom. The second-order valence-corrected chi connectivity index (χ2v) is 10.3. The molecule has 144 valence electrons. The first-order valence-electron chi connectivity index (χ1n) is 7.58. The first-order chi connectivity index (χ1) is 12.6. The van der Waals surface area contributed by atoms with Crippen LogP contribution in [0.2, 0.25) is 0 Å². The Balaban J connectivity index is 1.86. The smallest absolute Gasteiger partial charge is 0.252 e. The van der Waals surface area contributed by atoms with Crippen molar-refractivity contribution in [2.75, 3.05) is 5.43 Å². The van der Waals surface area contributed by atoms with Gasteiger partial charge in [0.15, 0.2) is 0 Å². The summed E-state index contributed by atoms with van der Waals surface area (Å²) in [7, 11) is 0. The lowest BCUT2D eigenvalue weighted by Gasteiger charge is -2.38. The number of anilines is 1. The number of hydrazone groups is 1. The monoisotopic (exact) mass is 486 g/mol. The van der Waals surface area contributed by atoms with Crippen LogP contribution in [0.4, 0.5) is 5.69 Å². The lowest BCUT2D eigenvalue weighted by atomic mass is 10.0. The molecule has 0 aromatic heterocycles. The molecule has 1 aliphatic rings. The third kappa shape index (κ3) is 5.48. The van der Waals surface area contributed by atoms with Gasteiger partial charge in [-0.15, -0.1) is 0 Å². The Labute approximate surface area is 186 Å². The highest BCUT2D eigenvalue weighted by Crippen LogP contribution is 2.51. The number of nitrogens with one attached hydrogen (secondary N) is 1. The van der Waals surface area contributed by atoms with Gasteiger partial charge in [0.1, 0.15) is 11.9 Å². The van der Waals surface area contributed by atoms with Crippen LogP contribution in [0.3, 0.4) is 0 Å². The lowest BCUT2D eigenvalue weighted by molar-refractivity contribution is -0.136. The molecule has 10 heteroatoms. The van der Waals surface area contributed by atoms with E-state index in [0.29, 0.717) is 11.3 Å². The molecule has 0 fully saturated rings. The van der Waals surface area contributed by atoms with E-state index in [9.17, 15) is 0 Å². The number of halogens is 6. The van der Waals surface area contributed by atoms with E-state index in [0.717, 1.165) is 11.3 Å². The predicted octanol–water partition coefficient (Wildman–Crippen LogP) is 6.65. The van der Waals surface area contributed by atoms with Gasteiger partial charge >= 0.3 is 0 Å². The van der Waals surface area contributed by atoms with Crippen molar-refractivity contribution in [3.8, 4) is 5.75 Å². The fourth-order valence-corrected chi connectivity index (χ4v) is 3.19. The maximum atomic E-state index is 6.07. The van der Waals surface area contributed by atoms with Gasteiger partial charge in [-0.1, -0.05) is 87.8 Å². The number of fused-ring (bicyclic) bond motifs is 1. The summed E-state index contributed by atoms with van der Waals surface area (Å²) in [5, 5.41) is 4.18. The second-order valence-electron chi connectivity index (χ2n) is 5.58. The van der Waals surface area contributed by atoms with Crippen molar-refractivity contribution in [3.63, 3.8) is 0 Å². The Morgan fingerprint density at radius 1 is 0.926 bits per heavy atom. The van der Waals surface area contributed by atoms with Crippen LogP contribution < -0.4 is 10.2 Å². The minimum atomic E-state index is -1.86. The molecule has 1 N–H and O–H groups in total. The maximum absolute atomic E-state index is 6.07. The summed E-state index contributed by atoms with van der Waals surface area (Å²) in [5.41, 5.74) is 5.00. The third-order valence-corrected chi connectivity index (χ3v) is 4.68. The van der Waals surface area contributed by atoms with Gasteiger partial charge < -0.3 is 9.47 Å². The molecule has 0 amide bonds. The molecule has 1 heterocycles. The average Bonchev–Trinajstić information content (AvgIpc) is 2.60. The molecular formula is C17H12Cl6N2O2. The average molecular weight is 489 g/mol. The van der Waals surface area contributed by atoms with E-state index in [1.165, 1.54) is 0 Å². The molecule has 1 aliphatic heterocycles. The van der Waals surface area contributed by atoms with Gasteiger partial charge in [-0.3, -0.25) is 5.43 Å². The summed E-state index contributed by atoms with van der Waals surface area (Å²) in [6.45, 7) is 0. The van der Waals surface area contributed by atoms with Gasteiger partial charge in [0, 0.05) is 5.56 Å². The number of hydrogen-bond donors (Lipinski definition) is 1. The zero-order valence-corrected chi connectivity index (χ0v) is 17.9. The Hall–Kier alpha value is -0.590. The lowest BCUT2D eigenvalue weighted by Crippen LogP contribution is -2.42. The van der Waals surface area contributed by atoms with Gasteiger partial charge in [-0.05, 0) is 35.9 Å².